The van der Waals surface area contributed by atoms with E-state index in [1.54, 1.807) is 6.92 Å². The van der Waals surface area contributed by atoms with Crippen molar-refractivity contribution >= 4 is 23.4 Å². The normalized spacial score (nSPS) is 12.9. The first-order chi connectivity index (χ1) is 9.06. The molecule has 1 heterocycles. The molecule has 0 saturated heterocycles. The van der Waals surface area contributed by atoms with Gasteiger partial charge in [0.15, 0.2) is 11.5 Å². The Morgan fingerprint density at radius 1 is 1.42 bits per heavy atom. The third kappa shape index (κ3) is 2.44. The Morgan fingerprint density at radius 3 is 2.79 bits per heavy atom. The van der Waals surface area contributed by atoms with E-state index in [1.807, 2.05) is 0 Å². The molecule has 1 aromatic rings. The molecule has 7 heteroatoms. The Bertz CT molecular complexity index is 540. The predicted molar refractivity (Wildman–Crippen MR) is 65.1 cm³/mol. The molecule has 0 radical (unpaired) electrons. The van der Waals surface area contributed by atoms with Crippen LogP contribution in [0.5, 0.6) is 17.2 Å². The highest BCUT2D eigenvalue weighted by Crippen LogP contribution is 2.43. The van der Waals surface area contributed by atoms with E-state index in [9.17, 15) is 14.7 Å². The topological polar surface area (TPSA) is 82.1 Å². The van der Waals surface area contributed by atoms with Gasteiger partial charge in [-0.05, 0) is 6.92 Å². The quantitative estimate of drug-likeness (QED) is 0.516. The van der Waals surface area contributed by atoms with Gasteiger partial charge in [0.05, 0.1) is 11.6 Å². The molecule has 1 aliphatic rings. The molecule has 6 nitrogen and oxygen atoms in total. The molecule has 19 heavy (non-hydrogen) atoms. The molecule has 0 saturated carbocycles. The molecule has 0 aliphatic carbocycles. The van der Waals surface area contributed by atoms with Gasteiger partial charge in [-0.3, -0.25) is 4.79 Å². The van der Waals surface area contributed by atoms with E-state index >= 15 is 0 Å². The van der Waals surface area contributed by atoms with E-state index in [0.29, 0.717) is 6.61 Å². The summed E-state index contributed by atoms with van der Waals surface area (Å²) in [6.45, 7) is 2.11. The van der Waals surface area contributed by atoms with Crippen LogP contribution < -0.4 is 9.47 Å². The molecule has 0 bridgehead atoms. The smallest absolute Gasteiger partial charge is 0.379 e. The third-order valence-electron chi connectivity index (χ3n) is 2.45. The number of phenols is 1. The fraction of sp³-hybridized carbons (Fsp3) is 0.333. The molecule has 1 N–H and O–H groups in total. The first-order valence-corrected chi connectivity index (χ1v) is 5.96. The van der Waals surface area contributed by atoms with Crippen molar-refractivity contribution in [3.63, 3.8) is 0 Å². The minimum Gasteiger partial charge on any atom is -0.505 e. The van der Waals surface area contributed by atoms with Gasteiger partial charge in [-0.2, -0.15) is 0 Å². The van der Waals surface area contributed by atoms with Crippen LogP contribution in [0.1, 0.15) is 17.3 Å². The zero-order chi connectivity index (χ0) is 14.0. The number of aromatic hydroxyl groups is 1. The molecule has 2 rings (SSSR count). The van der Waals surface area contributed by atoms with Crippen LogP contribution in [0.2, 0.25) is 5.02 Å². The van der Waals surface area contributed by atoms with Crippen molar-refractivity contribution in [3.05, 3.63) is 16.7 Å². The van der Waals surface area contributed by atoms with Crippen LogP contribution >= 0.6 is 11.6 Å². The lowest BCUT2D eigenvalue weighted by Gasteiger charge is -2.21. The maximum Gasteiger partial charge on any atom is 0.379 e. The van der Waals surface area contributed by atoms with Gasteiger partial charge in [0.25, 0.3) is 5.78 Å². The van der Waals surface area contributed by atoms with Crippen LogP contribution in [0.3, 0.4) is 0 Å². The number of ketones is 1. The number of rotatable bonds is 3. The highest BCUT2D eigenvalue weighted by molar-refractivity contribution is 6.43. The van der Waals surface area contributed by atoms with Crippen LogP contribution in [-0.4, -0.2) is 36.7 Å². The summed E-state index contributed by atoms with van der Waals surface area (Å²) in [4.78, 5) is 23.4. The number of halogens is 1. The van der Waals surface area contributed by atoms with E-state index in [0.717, 1.165) is 0 Å². The van der Waals surface area contributed by atoms with E-state index in [4.69, 9.17) is 21.1 Å². The summed E-state index contributed by atoms with van der Waals surface area (Å²) in [6, 6.07) is 1.33. The van der Waals surface area contributed by atoms with Crippen molar-refractivity contribution in [1.29, 1.82) is 0 Å². The molecule has 0 amide bonds. The van der Waals surface area contributed by atoms with Gasteiger partial charge >= 0.3 is 5.97 Å². The standard InChI is InChI=1S/C12H11ClO6/c1-2-17-12(16)10(15)8-9(14)6(13)5-7-11(8)19-4-3-18-7/h5,14H,2-4H2,1H3. The number of carbonyl (C=O) groups is 2. The number of hydrogen-bond donors (Lipinski definition) is 1. The lowest BCUT2D eigenvalue weighted by molar-refractivity contribution is -0.137. The Balaban J connectivity index is 2.52. The minimum absolute atomic E-state index is 0.00574. The molecular weight excluding hydrogens is 276 g/mol. The molecule has 0 aromatic heterocycles. The second-order valence-corrected chi connectivity index (χ2v) is 4.06. The zero-order valence-corrected chi connectivity index (χ0v) is 10.8. The largest absolute Gasteiger partial charge is 0.505 e. The maximum absolute atomic E-state index is 12.0. The fourth-order valence-electron chi connectivity index (χ4n) is 1.65. The van der Waals surface area contributed by atoms with Gasteiger partial charge in [-0.1, -0.05) is 11.6 Å². The number of carbonyl (C=O) groups excluding carboxylic acids is 2. The lowest BCUT2D eigenvalue weighted by atomic mass is 10.1. The Hall–Kier alpha value is -1.95. The molecule has 102 valence electrons. The number of fused-ring (bicyclic) bond motifs is 1. The SMILES string of the molecule is CCOC(=O)C(=O)c1c(O)c(Cl)cc2c1OCCO2. The Kier molecular flexibility index (Phi) is 3.80. The molecular formula is C12H11ClO6. The van der Waals surface area contributed by atoms with Crippen molar-refractivity contribution < 1.29 is 28.9 Å². The van der Waals surface area contributed by atoms with Gasteiger partial charge in [0, 0.05) is 6.07 Å². The summed E-state index contributed by atoms with van der Waals surface area (Å²) in [6.07, 6.45) is 0. The van der Waals surface area contributed by atoms with Crippen LogP contribution in [0.25, 0.3) is 0 Å². The molecule has 0 spiro atoms. The number of esters is 1. The monoisotopic (exact) mass is 286 g/mol. The Labute approximate surface area is 113 Å². The molecule has 1 aromatic carbocycles. The van der Waals surface area contributed by atoms with Gasteiger partial charge in [0.1, 0.15) is 24.5 Å². The average Bonchev–Trinajstić information content (AvgIpc) is 2.40. The number of hydrogen-bond acceptors (Lipinski definition) is 6. The summed E-state index contributed by atoms with van der Waals surface area (Å²) in [5.41, 5.74) is -0.333. The van der Waals surface area contributed by atoms with Crippen molar-refractivity contribution in [1.82, 2.24) is 0 Å². The predicted octanol–water partition coefficient (Wildman–Crippen LogP) is 1.56. The van der Waals surface area contributed by atoms with Crippen LogP contribution in [0.4, 0.5) is 0 Å². The van der Waals surface area contributed by atoms with Crippen molar-refractivity contribution in [2.75, 3.05) is 19.8 Å². The highest BCUT2D eigenvalue weighted by Gasteiger charge is 2.31. The van der Waals surface area contributed by atoms with Crippen molar-refractivity contribution in [2.24, 2.45) is 0 Å². The van der Waals surface area contributed by atoms with Crippen molar-refractivity contribution in [3.8, 4) is 17.2 Å². The molecule has 0 unspecified atom stereocenters. The van der Waals surface area contributed by atoms with Crippen LogP contribution in [-0.2, 0) is 9.53 Å². The van der Waals surface area contributed by atoms with Gasteiger partial charge < -0.3 is 19.3 Å². The lowest BCUT2D eigenvalue weighted by Crippen LogP contribution is -2.22. The first kappa shape index (κ1) is 13.5. The number of phenolic OH excluding ortho intramolecular Hbond substituents is 1. The van der Waals surface area contributed by atoms with Crippen LogP contribution in [0, 0.1) is 0 Å². The fourth-order valence-corrected chi connectivity index (χ4v) is 1.85. The van der Waals surface area contributed by atoms with E-state index < -0.39 is 17.5 Å². The average molecular weight is 287 g/mol. The van der Waals surface area contributed by atoms with E-state index in [2.05, 4.69) is 4.74 Å². The number of ether oxygens (including phenoxy) is 3. The van der Waals surface area contributed by atoms with E-state index in [-0.39, 0.29) is 35.3 Å². The molecule has 1 aliphatic heterocycles. The van der Waals surface area contributed by atoms with Gasteiger partial charge in [-0.15, -0.1) is 0 Å². The summed E-state index contributed by atoms with van der Waals surface area (Å²) < 4.78 is 15.1. The minimum atomic E-state index is -1.09. The summed E-state index contributed by atoms with van der Waals surface area (Å²) in [7, 11) is 0. The van der Waals surface area contributed by atoms with Crippen molar-refractivity contribution in [2.45, 2.75) is 6.92 Å². The Morgan fingerprint density at radius 2 is 2.11 bits per heavy atom. The van der Waals surface area contributed by atoms with Gasteiger partial charge in [0.2, 0.25) is 0 Å². The number of benzene rings is 1. The van der Waals surface area contributed by atoms with E-state index in [1.165, 1.54) is 6.07 Å². The maximum atomic E-state index is 12.0. The molecule has 0 atom stereocenters. The highest BCUT2D eigenvalue weighted by atomic mass is 35.5. The third-order valence-corrected chi connectivity index (χ3v) is 2.73. The summed E-state index contributed by atoms with van der Waals surface area (Å²) >= 11 is 5.79. The van der Waals surface area contributed by atoms with Gasteiger partial charge in [-0.25, -0.2) is 4.79 Å². The zero-order valence-electron chi connectivity index (χ0n) is 10.1. The second-order valence-electron chi connectivity index (χ2n) is 3.66. The summed E-state index contributed by atoms with van der Waals surface area (Å²) in [5, 5.41) is 9.74. The molecule has 0 fully saturated rings. The van der Waals surface area contributed by atoms with Crippen LogP contribution in [0.15, 0.2) is 6.07 Å². The number of Topliss-reactive ketones (excluding diaryl/α,β-unsaturated/α-hetero) is 1. The first-order valence-electron chi connectivity index (χ1n) is 5.58. The summed E-state index contributed by atoms with van der Waals surface area (Å²) in [5.74, 6) is -2.42. The second kappa shape index (κ2) is 5.36.